The van der Waals surface area contributed by atoms with Gasteiger partial charge in [0.25, 0.3) is 0 Å². The Labute approximate surface area is 260 Å². The zero-order valence-electron chi connectivity index (χ0n) is 25.4. The molecule has 0 radical (unpaired) electrons. The van der Waals surface area contributed by atoms with Crippen LogP contribution < -0.4 is 9.47 Å². The lowest BCUT2D eigenvalue weighted by Crippen LogP contribution is -2.25. The number of H-pyrrole nitrogens is 2. The maximum absolute atomic E-state index is 14.8. The SMILES string of the molecule is CN(C)CCOc1cncc(-c2cc3c(-c4cc5c(-c6cc(F)cc(OCCN7CCCC7)c6)ccnc5[nH]4)n[nH]c3cn2)c1. The van der Waals surface area contributed by atoms with Gasteiger partial charge in [-0.05, 0) is 87.6 Å². The van der Waals surface area contributed by atoms with Crippen LogP contribution >= 0.6 is 0 Å². The zero-order valence-corrected chi connectivity index (χ0v) is 25.4. The Morgan fingerprint density at radius 3 is 2.60 bits per heavy atom. The number of nitrogens with zero attached hydrogens (tertiary/aromatic N) is 6. The highest BCUT2D eigenvalue weighted by molar-refractivity contribution is 6.00. The molecule has 0 saturated carbocycles. The minimum Gasteiger partial charge on any atom is -0.492 e. The van der Waals surface area contributed by atoms with Crippen LogP contribution in [-0.2, 0) is 0 Å². The number of likely N-dealkylation sites (N-methyl/N-ethyl adjacent to an activating group) is 1. The third kappa shape index (κ3) is 6.36. The number of ether oxygens (including phenoxy) is 2. The summed E-state index contributed by atoms with van der Waals surface area (Å²) in [7, 11) is 4.02. The molecule has 6 aromatic rings. The van der Waals surface area contributed by atoms with E-state index < -0.39 is 0 Å². The van der Waals surface area contributed by atoms with Crippen molar-refractivity contribution in [2.75, 3.05) is 53.5 Å². The molecular formula is C34H35FN8O2. The fourth-order valence-electron chi connectivity index (χ4n) is 5.77. The number of likely N-dealkylation sites (tertiary alicyclic amines) is 1. The molecule has 1 fully saturated rings. The lowest BCUT2D eigenvalue weighted by molar-refractivity contribution is 0.237. The lowest BCUT2D eigenvalue weighted by Gasteiger charge is -2.15. The van der Waals surface area contributed by atoms with Crippen molar-refractivity contribution in [1.82, 2.24) is 39.9 Å². The number of aromatic amines is 2. The van der Waals surface area contributed by atoms with Crippen LogP contribution in [0.4, 0.5) is 4.39 Å². The van der Waals surface area contributed by atoms with Crippen LogP contribution in [0.15, 0.2) is 67.3 Å². The third-order valence-corrected chi connectivity index (χ3v) is 8.11. The molecule has 5 aromatic heterocycles. The molecule has 45 heavy (non-hydrogen) atoms. The number of fused-ring (bicyclic) bond motifs is 2. The maximum Gasteiger partial charge on any atom is 0.138 e. The van der Waals surface area contributed by atoms with Crippen molar-refractivity contribution < 1.29 is 13.9 Å². The molecule has 230 valence electrons. The zero-order chi connectivity index (χ0) is 30.8. The summed E-state index contributed by atoms with van der Waals surface area (Å²) in [6, 6.07) is 12.7. The van der Waals surface area contributed by atoms with Gasteiger partial charge in [0, 0.05) is 47.9 Å². The van der Waals surface area contributed by atoms with Crippen molar-refractivity contribution in [2.45, 2.75) is 12.8 Å². The van der Waals surface area contributed by atoms with Gasteiger partial charge in [-0.25, -0.2) is 9.37 Å². The first-order valence-corrected chi connectivity index (χ1v) is 15.2. The number of hydrogen-bond donors (Lipinski definition) is 2. The van der Waals surface area contributed by atoms with Crippen LogP contribution in [0.25, 0.3) is 55.7 Å². The maximum atomic E-state index is 14.8. The van der Waals surface area contributed by atoms with Gasteiger partial charge in [0.2, 0.25) is 0 Å². The third-order valence-electron chi connectivity index (χ3n) is 8.11. The second-order valence-corrected chi connectivity index (χ2v) is 11.6. The summed E-state index contributed by atoms with van der Waals surface area (Å²) in [5.74, 6) is 0.865. The van der Waals surface area contributed by atoms with E-state index in [2.05, 4.69) is 39.9 Å². The van der Waals surface area contributed by atoms with E-state index in [4.69, 9.17) is 9.47 Å². The summed E-state index contributed by atoms with van der Waals surface area (Å²) in [4.78, 5) is 21.4. The van der Waals surface area contributed by atoms with Gasteiger partial charge in [0.1, 0.15) is 41.9 Å². The Morgan fingerprint density at radius 1 is 0.889 bits per heavy atom. The first-order chi connectivity index (χ1) is 22.0. The van der Waals surface area contributed by atoms with Gasteiger partial charge < -0.3 is 19.4 Å². The molecule has 0 aliphatic carbocycles. The summed E-state index contributed by atoms with van der Waals surface area (Å²) in [6.07, 6.45) is 9.43. The van der Waals surface area contributed by atoms with Crippen molar-refractivity contribution in [3.8, 4) is 45.3 Å². The average Bonchev–Trinajstić information content (AvgIpc) is 3.80. The summed E-state index contributed by atoms with van der Waals surface area (Å²) < 4.78 is 26.7. The average molecular weight is 607 g/mol. The quantitative estimate of drug-likeness (QED) is 0.191. The highest BCUT2D eigenvalue weighted by Gasteiger charge is 2.17. The van der Waals surface area contributed by atoms with Gasteiger partial charge in [0.05, 0.1) is 29.3 Å². The van der Waals surface area contributed by atoms with Gasteiger partial charge >= 0.3 is 0 Å². The van der Waals surface area contributed by atoms with Crippen LogP contribution in [0.1, 0.15) is 12.8 Å². The molecule has 0 unspecified atom stereocenters. The predicted molar refractivity (Wildman–Crippen MR) is 173 cm³/mol. The molecule has 1 saturated heterocycles. The van der Waals surface area contributed by atoms with E-state index in [1.54, 1.807) is 24.8 Å². The Kier molecular flexibility index (Phi) is 8.10. The number of aromatic nitrogens is 6. The molecule has 1 aliphatic rings. The van der Waals surface area contributed by atoms with E-state index in [0.717, 1.165) is 76.2 Å². The van der Waals surface area contributed by atoms with Crippen LogP contribution in [0.2, 0.25) is 0 Å². The predicted octanol–water partition coefficient (Wildman–Crippen LogP) is 5.78. The molecule has 10 nitrogen and oxygen atoms in total. The van der Waals surface area contributed by atoms with Crippen molar-refractivity contribution in [3.63, 3.8) is 0 Å². The molecular weight excluding hydrogens is 571 g/mol. The summed E-state index contributed by atoms with van der Waals surface area (Å²) in [6.45, 7) is 4.94. The largest absolute Gasteiger partial charge is 0.492 e. The molecule has 0 spiro atoms. The number of rotatable bonds is 11. The topological polar surface area (TPSA) is 108 Å². The van der Waals surface area contributed by atoms with Gasteiger partial charge in [-0.3, -0.25) is 20.0 Å². The van der Waals surface area contributed by atoms with Gasteiger partial charge in [-0.2, -0.15) is 5.10 Å². The van der Waals surface area contributed by atoms with Crippen LogP contribution in [-0.4, -0.2) is 93.4 Å². The second-order valence-electron chi connectivity index (χ2n) is 11.6. The number of hydrogen-bond acceptors (Lipinski definition) is 8. The Bertz CT molecular complexity index is 1950. The Balaban J connectivity index is 1.18. The highest BCUT2D eigenvalue weighted by atomic mass is 19.1. The minimum absolute atomic E-state index is 0.343. The van der Waals surface area contributed by atoms with E-state index in [1.165, 1.54) is 25.0 Å². The number of nitrogens with one attached hydrogen (secondary N) is 2. The Hall–Kier alpha value is -4.87. The molecule has 1 aromatic carbocycles. The smallest absolute Gasteiger partial charge is 0.138 e. The molecule has 6 heterocycles. The molecule has 0 atom stereocenters. The number of pyridine rings is 3. The van der Waals surface area contributed by atoms with Crippen molar-refractivity contribution in [2.24, 2.45) is 0 Å². The van der Waals surface area contributed by atoms with Gasteiger partial charge in [0.15, 0.2) is 0 Å². The van der Waals surface area contributed by atoms with E-state index in [-0.39, 0.29) is 5.82 Å². The monoisotopic (exact) mass is 606 g/mol. The number of benzene rings is 1. The lowest BCUT2D eigenvalue weighted by atomic mass is 10.0. The Morgan fingerprint density at radius 2 is 1.73 bits per heavy atom. The molecule has 1 aliphatic heterocycles. The molecule has 0 bridgehead atoms. The van der Waals surface area contributed by atoms with Crippen LogP contribution in [0.3, 0.4) is 0 Å². The van der Waals surface area contributed by atoms with Crippen molar-refractivity contribution in [3.05, 3.63) is 73.1 Å². The highest BCUT2D eigenvalue weighted by Crippen LogP contribution is 2.35. The fourth-order valence-corrected chi connectivity index (χ4v) is 5.77. The van der Waals surface area contributed by atoms with E-state index in [9.17, 15) is 4.39 Å². The number of halogens is 1. The van der Waals surface area contributed by atoms with Gasteiger partial charge in [-0.15, -0.1) is 0 Å². The van der Waals surface area contributed by atoms with E-state index >= 15 is 0 Å². The first-order valence-electron chi connectivity index (χ1n) is 15.2. The van der Waals surface area contributed by atoms with Crippen LogP contribution in [0, 0.1) is 5.82 Å². The van der Waals surface area contributed by atoms with Gasteiger partial charge in [-0.1, -0.05) is 0 Å². The standard InChI is InChI=1S/C34H35FN8O2/c1-42(2)9-11-45-26-15-23(19-36-20-26)30-18-29-32(21-38-30)40-41-33(29)31-17-28-27(5-6-37-34(28)39-31)22-13-24(35)16-25(14-22)44-12-10-43-7-3-4-8-43/h5-6,13-21H,3-4,7-12H2,1-2H3,(H,37,39)(H,40,41). The first kappa shape index (κ1) is 28.9. The normalized spacial score (nSPS) is 13.8. The summed E-state index contributed by atoms with van der Waals surface area (Å²) in [5, 5.41) is 9.46. The minimum atomic E-state index is -0.343. The van der Waals surface area contributed by atoms with Crippen molar-refractivity contribution >= 4 is 21.9 Å². The molecule has 0 amide bonds. The summed E-state index contributed by atoms with van der Waals surface area (Å²) in [5.41, 5.74) is 6.17. The van der Waals surface area contributed by atoms with Crippen LogP contribution in [0.5, 0.6) is 11.5 Å². The molecule has 2 N–H and O–H groups in total. The molecule has 11 heteroatoms. The summed E-state index contributed by atoms with van der Waals surface area (Å²) >= 11 is 0. The van der Waals surface area contributed by atoms with Crippen molar-refractivity contribution in [1.29, 1.82) is 0 Å². The second kappa shape index (κ2) is 12.6. The fraction of sp³-hybridized carbons (Fsp3) is 0.294. The van der Waals surface area contributed by atoms with E-state index in [1.807, 2.05) is 44.4 Å². The molecule has 7 rings (SSSR count). The van der Waals surface area contributed by atoms with E-state index in [0.29, 0.717) is 30.4 Å².